The number of benzene rings is 1. The van der Waals surface area contributed by atoms with E-state index in [0.717, 1.165) is 6.42 Å². The van der Waals surface area contributed by atoms with Gasteiger partial charge in [0.2, 0.25) is 34.8 Å². The van der Waals surface area contributed by atoms with E-state index in [-0.39, 0.29) is 39.0 Å². The number of halogens is 5. The molecule has 0 aromatic heterocycles. The molecule has 0 bridgehead atoms. The zero-order valence-corrected chi connectivity index (χ0v) is 33.2. The van der Waals surface area contributed by atoms with Crippen molar-refractivity contribution in [1.29, 1.82) is 0 Å². The summed E-state index contributed by atoms with van der Waals surface area (Å²) in [6, 6.07) is 0. The fourth-order valence-electron chi connectivity index (χ4n) is 4.01. The first kappa shape index (κ1) is 53.3. The molecule has 58 heavy (non-hydrogen) atoms. The van der Waals surface area contributed by atoms with Crippen LogP contribution < -0.4 is 4.74 Å². The van der Waals surface area contributed by atoms with Gasteiger partial charge in [-0.05, 0) is 6.42 Å². The minimum Gasteiger partial charge on any atom is -0.463 e. The molecule has 0 aliphatic rings. The largest absolute Gasteiger partial charge is 0.463 e. The lowest BCUT2D eigenvalue weighted by atomic mass is 10.2. The van der Waals surface area contributed by atoms with Crippen LogP contribution in [-0.4, -0.2) is 177 Å². The normalized spacial score (nSPS) is 11.4. The van der Waals surface area contributed by atoms with Crippen molar-refractivity contribution in [2.75, 3.05) is 165 Å². The van der Waals surface area contributed by atoms with Crippen LogP contribution >= 0.6 is 0 Å². The summed E-state index contributed by atoms with van der Waals surface area (Å²) in [5, 5.41) is 0. The average molecular weight is 855 g/mol. The molecule has 0 N–H and O–H groups in total. The third kappa shape index (κ3) is 29.5. The van der Waals surface area contributed by atoms with Gasteiger partial charge in [-0.25, -0.2) is 13.2 Å². The van der Waals surface area contributed by atoms with E-state index in [4.69, 9.17) is 61.6 Å². The highest BCUT2D eigenvalue weighted by Gasteiger charge is 2.28. The van der Waals surface area contributed by atoms with Crippen molar-refractivity contribution in [1.82, 2.24) is 0 Å². The molecule has 0 saturated carbocycles. The summed E-state index contributed by atoms with van der Waals surface area (Å²) in [7, 11) is 0. The molecule has 338 valence electrons. The number of ether oxygens (including phenoxy) is 14. The van der Waals surface area contributed by atoms with Gasteiger partial charge in [0.15, 0.2) is 0 Å². The number of hydrogen-bond acceptors (Lipinski definition) is 16. The first-order chi connectivity index (χ1) is 28.3. The van der Waals surface area contributed by atoms with E-state index in [1.54, 1.807) is 0 Å². The molecule has 0 fully saturated rings. The van der Waals surface area contributed by atoms with Gasteiger partial charge < -0.3 is 66.3 Å². The van der Waals surface area contributed by atoms with Crippen LogP contribution in [0.5, 0.6) is 5.75 Å². The van der Waals surface area contributed by atoms with Crippen molar-refractivity contribution >= 4 is 11.9 Å². The van der Waals surface area contributed by atoms with Gasteiger partial charge in [-0.15, -0.1) is 0 Å². The van der Waals surface area contributed by atoms with Gasteiger partial charge in [0.25, 0.3) is 0 Å². The van der Waals surface area contributed by atoms with Crippen LogP contribution in [0.15, 0.2) is 0 Å². The number of carbonyl (C=O) groups is 2. The van der Waals surface area contributed by atoms with Crippen LogP contribution in [0, 0.1) is 29.1 Å². The van der Waals surface area contributed by atoms with Crippen LogP contribution in [0.2, 0.25) is 0 Å². The Hall–Kier alpha value is -2.67. The molecule has 0 radical (unpaired) electrons. The fourth-order valence-corrected chi connectivity index (χ4v) is 4.01. The minimum absolute atomic E-state index is 0.0744. The van der Waals surface area contributed by atoms with Crippen molar-refractivity contribution in [2.45, 2.75) is 26.2 Å². The number of carbonyl (C=O) groups excluding carboxylic acids is 2. The quantitative estimate of drug-likeness (QED) is 0.0235. The zero-order chi connectivity index (χ0) is 42.3. The maximum absolute atomic E-state index is 13.6. The Kier molecular flexibility index (Phi) is 35.4. The van der Waals surface area contributed by atoms with E-state index >= 15 is 0 Å². The Morgan fingerprint density at radius 1 is 0.328 bits per heavy atom. The van der Waals surface area contributed by atoms with Crippen molar-refractivity contribution in [3.8, 4) is 5.75 Å². The smallest absolute Gasteiger partial charge is 0.313 e. The molecule has 0 saturated heterocycles. The second-order valence-corrected chi connectivity index (χ2v) is 11.4. The molecule has 0 unspecified atom stereocenters. The van der Waals surface area contributed by atoms with E-state index in [1.165, 1.54) is 0 Å². The van der Waals surface area contributed by atoms with Crippen molar-refractivity contribution in [2.24, 2.45) is 0 Å². The van der Waals surface area contributed by atoms with E-state index < -0.39 is 47.2 Å². The molecule has 0 heterocycles. The van der Waals surface area contributed by atoms with Gasteiger partial charge in [0, 0.05) is 6.42 Å². The van der Waals surface area contributed by atoms with Crippen LogP contribution in [-0.2, 0) is 71.2 Å². The first-order valence-corrected chi connectivity index (χ1v) is 19.1. The monoisotopic (exact) mass is 854 g/mol. The predicted octanol–water partition coefficient (Wildman–Crippen LogP) is 3.22. The summed E-state index contributed by atoms with van der Waals surface area (Å²) in [6.45, 7) is 10.8. The summed E-state index contributed by atoms with van der Waals surface area (Å²) >= 11 is 0. The van der Waals surface area contributed by atoms with Gasteiger partial charge in [-0.1, -0.05) is 6.92 Å². The second kappa shape index (κ2) is 38.5. The van der Waals surface area contributed by atoms with Crippen LogP contribution in [0.25, 0.3) is 0 Å². The van der Waals surface area contributed by atoms with E-state index in [9.17, 15) is 31.5 Å². The van der Waals surface area contributed by atoms with Crippen LogP contribution in [0.1, 0.15) is 26.2 Å². The van der Waals surface area contributed by atoms with Gasteiger partial charge in [-0.2, -0.15) is 8.78 Å². The summed E-state index contributed by atoms with van der Waals surface area (Å²) < 4.78 is 140. The van der Waals surface area contributed by atoms with Gasteiger partial charge >= 0.3 is 11.9 Å². The standard InChI is InChI=1S/C37H59F5O16/c1-2-3-30(43)57-29-28-56-27-26-55-25-24-54-23-22-53-21-20-52-19-18-51-17-16-50-15-14-49-13-12-48-11-10-47-9-8-46-7-6-45-5-4-31(44)58-37-35(41)33(39)32(38)34(40)36(37)42/h2-29H2,1H3. The topological polar surface area (TPSA) is 163 Å². The molecule has 1 aromatic carbocycles. The van der Waals surface area contributed by atoms with E-state index in [2.05, 4.69) is 4.74 Å². The van der Waals surface area contributed by atoms with Gasteiger partial charge in [-0.3, -0.25) is 9.59 Å². The number of esters is 2. The molecule has 0 aliphatic carbocycles. The lowest BCUT2D eigenvalue weighted by Gasteiger charge is -2.09. The highest BCUT2D eigenvalue weighted by atomic mass is 19.2. The van der Waals surface area contributed by atoms with Crippen molar-refractivity contribution in [3.05, 3.63) is 29.1 Å². The third-order valence-corrected chi connectivity index (χ3v) is 6.87. The predicted molar refractivity (Wildman–Crippen MR) is 192 cm³/mol. The summed E-state index contributed by atoms with van der Waals surface area (Å²) in [5.74, 6) is -14.4. The van der Waals surface area contributed by atoms with Gasteiger partial charge in [0.05, 0.1) is 165 Å². The summed E-state index contributed by atoms with van der Waals surface area (Å²) in [4.78, 5) is 22.9. The van der Waals surface area contributed by atoms with E-state index in [1.807, 2.05) is 6.92 Å². The van der Waals surface area contributed by atoms with Gasteiger partial charge in [0.1, 0.15) is 6.61 Å². The first-order valence-electron chi connectivity index (χ1n) is 19.1. The lowest BCUT2D eigenvalue weighted by molar-refractivity contribution is -0.145. The fraction of sp³-hybridized carbons (Fsp3) is 0.784. The maximum atomic E-state index is 13.6. The molecule has 0 atom stereocenters. The minimum atomic E-state index is -2.35. The molecule has 16 nitrogen and oxygen atoms in total. The maximum Gasteiger partial charge on any atom is 0.313 e. The Morgan fingerprint density at radius 2 is 0.569 bits per heavy atom. The zero-order valence-electron chi connectivity index (χ0n) is 33.2. The molecule has 0 aliphatic heterocycles. The molecule has 21 heteroatoms. The van der Waals surface area contributed by atoms with Crippen LogP contribution in [0.3, 0.4) is 0 Å². The van der Waals surface area contributed by atoms with Crippen molar-refractivity contribution in [3.63, 3.8) is 0 Å². The Balaban J connectivity index is 1.70. The molecular formula is C37H59F5O16. The lowest BCUT2D eigenvalue weighted by Crippen LogP contribution is -2.16. The summed E-state index contributed by atoms with van der Waals surface area (Å²) in [6.07, 6.45) is 0.698. The molecular weight excluding hydrogens is 795 g/mol. The Labute approximate surface area is 335 Å². The highest BCUT2D eigenvalue weighted by molar-refractivity contribution is 5.72. The Bertz CT molecular complexity index is 1140. The summed E-state index contributed by atoms with van der Waals surface area (Å²) in [5.41, 5.74) is 0. The molecule has 0 spiro atoms. The van der Waals surface area contributed by atoms with Crippen molar-refractivity contribution < 1.29 is 97.9 Å². The number of hydrogen-bond donors (Lipinski definition) is 0. The SMILES string of the molecule is CCCC(=O)OCCOCCOCCOCCOCCOCCOCCOCCOCCOCCOCCOCCOCCC(=O)Oc1c(F)c(F)c(F)c(F)c1F. The molecule has 1 aromatic rings. The molecule has 1 rings (SSSR count). The number of rotatable bonds is 42. The molecule has 0 amide bonds. The van der Waals surface area contributed by atoms with E-state index in [0.29, 0.717) is 139 Å². The Morgan fingerprint density at radius 3 is 0.845 bits per heavy atom. The average Bonchev–Trinajstić information content (AvgIpc) is 3.21. The second-order valence-electron chi connectivity index (χ2n) is 11.4. The highest BCUT2D eigenvalue weighted by Crippen LogP contribution is 2.29. The third-order valence-electron chi connectivity index (χ3n) is 6.87. The van der Waals surface area contributed by atoms with Crippen LogP contribution in [0.4, 0.5) is 22.0 Å².